The topological polar surface area (TPSA) is 38.9 Å². The minimum Gasteiger partial charge on any atom is -0.324 e. The van der Waals surface area contributed by atoms with Gasteiger partial charge in [-0.05, 0) is 45.8 Å². The zero-order valence-electron chi connectivity index (χ0n) is 10.2. The number of aromatic nitrogens is 1. The highest BCUT2D eigenvalue weighted by atomic mass is 79.9. The molecule has 0 fully saturated rings. The molecular weight excluding hydrogens is 320 g/mol. The molecule has 2 N–H and O–H groups in total. The van der Waals surface area contributed by atoms with E-state index < -0.39 is 0 Å². The summed E-state index contributed by atoms with van der Waals surface area (Å²) in [5.74, 6) is 0. The highest BCUT2D eigenvalue weighted by Crippen LogP contribution is 2.28. The highest BCUT2D eigenvalue weighted by molar-refractivity contribution is 9.11. The number of nitrogens with zero attached hydrogens (tertiary/aromatic N) is 1. The smallest absolute Gasteiger partial charge is 0.0705 e. The van der Waals surface area contributed by atoms with Crippen LogP contribution >= 0.6 is 27.3 Å². The van der Waals surface area contributed by atoms with Gasteiger partial charge in [0.2, 0.25) is 0 Å². The number of rotatable bonds is 3. The number of hydrogen-bond acceptors (Lipinski definition) is 3. The molecule has 0 spiro atoms. The third-order valence-electron chi connectivity index (χ3n) is 3.13. The van der Waals surface area contributed by atoms with Crippen LogP contribution in [0.2, 0.25) is 0 Å². The van der Waals surface area contributed by atoms with Gasteiger partial charge in [-0.1, -0.05) is 18.2 Å². The first kappa shape index (κ1) is 12.8. The lowest BCUT2D eigenvalue weighted by atomic mass is 10.00. The Morgan fingerprint density at radius 2 is 2.00 bits per heavy atom. The van der Waals surface area contributed by atoms with E-state index in [1.54, 1.807) is 11.3 Å². The van der Waals surface area contributed by atoms with Crippen LogP contribution in [0.1, 0.15) is 16.5 Å². The lowest BCUT2D eigenvalue weighted by molar-refractivity contribution is 0.735. The molecule has 2 nitrogen and oxygen atoms in total. The van der Waals surface area contributed by atoms with Crippen LogP contribution in [0.15, 0.2) is 52.4 Å². The fourth-order valence-corrected chi connectivity index (χ4v) is 3.77. The van der Waals surface area contributed by atoms with Crippen LogP contribution in [0.5, 0.6) is 0 Å². The van der Waals surface area contributed by atoms with Crippen molar-refractivity contribution in [3.05, 3.63) is 62.9 Å². The molecule has 3 aromatic rings. The van der Waals surface area contributed by atoms with Crippen molar-refractivity contribution in [2.24, 2.45) is 5.73 Å². The number of thiophene rings is 1. The lowest BCUT2D eigenvalue weighted by Crippen LogP contribution is -2.13. The van der Waals surface area contributed by atoms with E-state index in [2.05, 4.69) is 39.1 Å². The molecular formula is C15H13BrN2S. The summed E-state index contributed by atoms with van der Waals surface area (Å²) < 4.78 is 1.15. The molecule has 0 bridgehead atoms. The number of nitrogens with two attached hydrogens (primary N) is 1. The maximum absolute atomic E-state index is 6.37. The third-order valence-corrected chi connectivity index (χ3v) is 4.78. The van der Waals surface area contributed by atoms with Crippen molar-refractivity contribution >= 4 is 38.2 Å². The van der Waals surface area contributed by atoms with Crippen LogP contribution in [0, 0.1) is 0 Å². The Morgan fingerprint density at radius 1 is 1.16 bits per heavy atom. The molecule has 0 radical (unpaired) electrons. The van der Waals surface area contributed by atoms with E-state index in [1.165, 1.54) is 4.88 Å². The summed E-state index contributed by atoms with van der Waals surface area (Å²) in [5, 5.41) is 1.15. The number of fused-ring (bicyclic) bond motifs is 1. The SMILES string of the molecule is NC(Cc1ccc(Br)s1)c1ccnc2ccccc12. The lowest BCUT2D eigenvalue weighted by Gasteiger charge is -2.13. The van der Waals surface area contributed by atoms with E-state index in [0.29, 0.717) is 0 Å². The van der Waals surface area contributed by atoms with E-state index in [4.69, 9.17) is 5.73 Å². The molecule has 19 heavy (non-hydrogen) atoms. The molecule has 96 valence electrons. The van der Waals surface area contributed by atoms with Crippen LogP contribution in [0.25, 0.3) is 10.9 Å². The predicted molar refractivity (Wildman–Crippen MR) is 84.4 cm³/mol. The van der Waals surface area contributed by atoms with E-state index in [-0.39, 0.29) is 6.04 Å². The first-order valence-electron chi connectivity index (χ1n) is 6.07. The summed E-state index contributed by atoms with van der Waals surface area (Å²) in [5.41, 5.74) is 8.53. The second kappa shape index (κ2) is 5.41. The predicted octanol–water partition coefficient (Wildman–Crippen LogP) is 4.30. The molecule has 2 aromatic heterocycles. The Kier molecular flexibility index (Phi) is 3.64. The molecule has 0 aliphatic heterocycles. The third kappa shape index (κ3) is 2.71. The maximum atomic E-state index is 6.37. The first-order valence-corrected chi connectivity index (χ1v) is 7.68. The standard InChI is InChI=1S/C15H13BrN2S/c16-15-6-5-10(19-15)9-13(17)11-7-8-18-14-4-2-1-3-12(11)14/h1-8,13H,9,17H2. The van der Waals surface area contributed by atoms with E-state index >= 15 is 0 Å². The average Bonchev–Trinajstić information content (AvgIpc) is 2.83. The van der Waals surface area contributed by atoms with Crippen molar-refractivity contribution in [1.29, 1.82) is 0 Å². The molecule has 1 atom stereocenters. The van der Waals surface area contributed by atoms with Crippen LogP contribution in [-0.4, -0.2) is 4.98 Å². The van der Waals surface area contributed by atoms with Crippen molar-refractivity contribution in [3.63, 3.8) is 0 Å². The Bertz CT molecular complexity index is 703. The van der Waals surface area contributed by atoms with Gasteiger partial charge in [0.1, 0.15) is 0 Å². The van der Waals surface area contributed by atoms with Crippen LogP contribution in [0.3, 0.4) is 0 Å². The molecule has 2 heterocycles. The molecule has 0 amide bonds. The van der Waals surface area contributed by atoms with E-state index in [9.17, 15) is 0 Å². The van der Waals surface area contributed by atoms with E-state index in [0.717, 1.165) is 26.7 Å². The zero-order chi connectivity index (χ0) is 13.2. The molecule has 0 saturated heterocycles. The first-order chi connectivity index (χ1) is 9.24. The van der Waals surface area contributed by atoms with Gasteiger partial charge in [-0.3, -0.25) is 4.98 Å². The molecule has 3 rings (SSSR count). The Labute approximate surface area is 124 Å². The minimum absolute atomic E-state index is 0.00144. The van der Waals surface area contributed by atoms with Crippen LogP contribution < -0.4 is 5.73 Å². The van der Waals surface area contributed by atoms with Gasteiger partial charge in [0.05, 0.1) is 9.30 Å². The summed E-state index contributed by atoms with van der Waals surface area (Å²) in [4.78, 5) is 5.67. The highest BCUT2D eigenvalue weighted by Gasteiger charge is 2.12. The maximum Gasteiger partial charge on any atom is 0.0705 e. The van der Waals surface area contributed by atoms with Gasteiger partial charge >= 0.3 is 0 Å². The van der Waals surface area contributed by atoms with Crippen molar-refractivity contribution < 1.29 is 0 Å². The van der Waals surface area contributed by atoms with Crippen molar-refractivity contribution in [3.8, 4) is 0 Å². The number of halogens is 1. The van der Waals surface area contributed by atoms with Gasteiger partial charge in [0, 0.05) is 28.9 Å². The van der Waals surface area contributed by atoms with E-state index in [1.807, 2.05) is 30.5 Å². The van der Waals surface area contributed by atoms with Crippen molar-refractivity contribution in [2.45, 2.75) is 12.5 Å². The largest absolute Gasteiger partial charge is 0.324 e. The Hall–Kier alpha value is -1.23. The monoisotopic (exact) mass is 332 g/mol. The number of benzene rings is 1. The summed E-state index contributed by atoms with van der Waals surface area (Å²) in [6.07, 6.45) is 2.69. The quantitative estimate of drug-likeness (QED) is 0.776. The average molecular weight is 333 g/mol. The number of pyridine rings is 1. The van der Waals surface area contributed by atoms with Gasteiger partial charge < -0.3 is 5.73 Å². The molecule has 1 aromatic carbocycles. The molecule has 0 aliphatic rings. The second-order valence-electron chi connectivity index (χ2n) is 4.43. The summed E-state index contributed by atoms with van der Waals surface area (Å²) in [7, 11) is 0. The molecule has 4 heteroatoms. The van der Waals surface area contributed by atoms with Crippen molar-refractivity contribution in [1.82, 2.24) is 4.98 Å². The fourth-order valence-electron chi connectivity index (χ4n) is 2.23. The normalized spacial score (nSPS) is 12.7. The van der Waals surface area contributed by atoms with Crippen LogP contribution in [-0.2, 0) is 6.42 Å². The van der Waals surface area contributed by atoms with Crippen molar-refractivity contribution in [2.75, 3.05) is 0 Å². The molecule has 0 aliphatic carbocycles. The van der Waals surface area contributed by atoms with Crippen LogP contribution in [0.4, 0.5) is 0 Å². The Morgan fingerprint density at radius 3 is 2.79 bits per heavy atom. The van der Waals surface area contributed by atoms with Gasteiger partial charge in [0.25, 0.3) is 0 Å². The summed E-state index contributed by atoms with van der Waals surface area (Å²) >= 11 is 5.22. The van der Waals surface area contributed by atoms with Gasteiger partial charge in [0.15, 0.2) is 0 Å². The van der Waals surface area contributed by atoms with Gasteiger partial charge in [-0.25, -0.2) is 0 Å². The second-order valence-corrected chi connectivity index (χ2v) is 6.98. The number of hydrogen-bond donors (Lipinski definition) is 1. The molecule has 0 saturated carbocycles. The fraction of sp³-hybridized carbons (Fsp3) is 0.133. The zero-order valence-corrected chi connectivity index (χ0v) is 12.6. The minimum atomic E-state index is -0.00144. The van der Waals surface area contributed by atoms with Gasteiger partial charge in [-0.15, -0.1) is 11.3 Å². The molecule has 1 unspecified atom stereocenters. The Balaban J connectivity index is 1.95. The number of para-hydroxylation sites is 1. The van der Waals surface area contributed by atoms with Gasteiger partial charge in [-0.2, -0.15) is 0 Å². The summed E-state index contributed by atoms with van der Waals surface area (Å²) in [6.45, 7) is 0. The summed E-state index contributed by atoms with van der Waals surface area (Å²) in [6, 6.07) is 14.3.